The van der Waals surface area contributed by atoms with Gasteiger partial charge in [-0.25, -0.2) is 0 Å². The number of fused-ring (bicyclic) bond motifs is 1. The minimum absolute atomic E-state index is 0.123. The first-order valence-corrected chi connectivity index (χ1v) is 4.39. The number of carbonyl (C=O) groups is 1. The van der Waals surface area contributed by atoms with E-state index in [0.29, 0.717) is 5.92 Å². The molecule has 0 aliphatic carbocycles. The summed E-state index contributed by atoms with van der Waals surface area (Å²) < 4.78 is 0. The van der Waals surface area contributed by atoms with Gasteiger partial charge in [0.25, 0.3) is 0 Å². The summed E-state index contributed by atoms with van der Waals surface area (Å²) in [5, 5.41) is 6.14. The zero-order chi connectivity index (χ0) is 7.68. The highest BCUT2D eigenvalue weighted by molar-refractivity contribution is 5.82. The first-order chi connectivity index (χ1) is 5.38. The van der Waals surface area contributed by atoms with Gasteiger partial charge in [0.15, 0.2) is 0 Å². The molecule has 2 aliphatic rings. The van der Waals surface area contributed by atoms with Crippen molar-refractivity contribution in [1.29, 1.82) is 0 Å². The lowest BCUT2D eigenvalue weighted by atomic mass is 9.85. The van der Waals surface area contributed by atoms with Crippen molar-refractivity contribution in [2.75, 3.05) is 13.1 Å². The van der Waals surface area contributed by atoms with Gasteiger partial charge in [0.05, 0.1) is 6.04 Å². The van der Waals surface area contributed by atoms with Crippen LogP contribution in [0.2, 0.25) is 0 Å². The summed E-state index contributed by atoms with van der Waals surface area (Å²) in [5.74, 6) is 0.818. The number of hydrogen-bond acceptors (Lipinski definition) is 2. The van der Waals surface area contributed by atoms with E-state index in [0.717, 1.165) is 19.5 Å². The molecule has 2 atom stereocenters. The molecule has 11 heavy (non-hydrogen) atoms. The molecule has 0 bridgehead atoms. The Bertz CT molecular complexity index is 167. The van der Waals surface area contributed by atoms with Crippen molar-refractivity contribution >= 4 is 5.91 Å². The molecule has 2 rings (SSSR count). The molecule has 2 N–H and O–H groups in total. The van der Waals surface area contributed by atoms with E-state index in [1.54, 1.807) is 0 Å². The summed E-state index contributed by atoms with van der Waals surface area (Å²) in [6.07, 6.45) is 3.61. The summed E-state index contributed by atoms with van der Waals surface area (Å²) in [6.45, 7) is 1.89. The average molecular weight is 154 g/mol. The van der Waals surface area contributed by atoms with Gasteiger partial charge in [-0.15, -0.1) is 0 Å². The maximum absolute atomic E-state index is 11.3. The quantitative estimate of drug-likeness (QED) is 0.510. The predicted molar refractivity (Wildman–Crippen MR) is 42.1 cm³/mol. The molecule has 3 nitrogen and oxygen atoms in total. The highest BCUT2D eigenvalue weighted by Crippen LogP contribution is 2.22. The molecular formula is C8H14N2O. The molecule has 3 heteroatoms. The zero-order valence-corrected chi connectivity index (χ0v) is 6.60. The lowest BCUT2D eigenvalue weighted by Gasteiger charge is -2.35. The summed E-state index contributed by atoms with van der Waals surface area (Å²) >= 11 is 0. The Kier molecular flexibility index (Phi) is 1.82. The Labute approximate surface area is 66.5 Å². The van der Waals surface area contributed by atoms with Crippen LogP contribution in [0.15, 0.2) is 0 Å². The summed E-state index contributed by atoms with van der Waals surface area (Å²) in [5.41, 5.74) is 0. The molecule has 0 saturated carbocycles. The second kappa shape index (κ2) is 2.81. The second-order valence-electron chi connectivity index (χ2n) is 3.41. The molecule has 0 spiro atoms. The fourth-order valence-electron chi connectivity index (χ4n) is 2.06. The first-order valence-electron chi connectivity index (χ1n) is 4.39. The monoisotopic (exact) mass is 154 g/mol. The fraction of sp³-hybridized carbons (Fsp3) is 0.875. The van der Waals surface area contributed by atoms with Gasteiger partial charge in [0.2, 0.25) is 5.91 Å². The van der Waals surface area contributed by atoms with E-state index in [2.05, 4.69) is 10.6 Å². The molecular weight excluding hydrogens is 140 g/mol. The number of amides is 1. The van der Waals surface area contributed by atoms with Crippen molar-refractivity contribution in [3.05, 3.63) is 0 Å². The van der Waals surface area contributed by atoms with Crippen molar-refractivity contribution in [2.45, 2.75) is 25.3 Å². The number of nitrogens with one attached hydrogen (secondary N) is 2. The Morgan fingerprint density at radius 3 is 3.00 bits per heavy atom. The lowest BCUT2D eigenvalue weighted by molar-refractivity contribution is -0.126. The molecule has 62 valence electrons. The Morgan fingerprint density at radius 2 is 2.18 bits per heavy atom. The van der Waals surface area contributed by atoms with E-state index in [4.69, 9.17) is 0 Å². The average Bonchev–Trinajstić information content (AvgIpc) is 2.06. The lowest BCUT2D eigenvalue weighted by Crippen LogP contribution is -2.55. The van der Waals surface area contributed by atoms with E-state index >= 15 is 0 Å². The van der Waals surface area contributed by atoms with Crippen LogP contribution in [0.5, 0.6) is 0 Å². The van der Waals surface area contributed by atoms with Gasteiger partial charge in [-0.3, -0.25) is 4.79 Å². The van der Waals surface area contributed by atoms with Crippen molar-refractivity contribution in [2.24, 2.45) is 5.92 Å². The van der Waals surface area contributed by atoms with Crippen molar-refractivity contribution in [3.63, 3.8) is 0 Å². The van der Waals surface area contributed by atoms with Gasteiger partial charge in [0, 0.05) is 6.54 Å². The molecule has 2 heterocycles. The molecule has 2 fully saturated rings. The molecule has 0 unspecified atom stereocenters. The number of carbonyl (C=O) groups excluding carboxylic acids is 1. The van der Waals surface area contributed by atoms with Gasteiger partial charge < -0.3 is 10.6 Å². The van der Waals surface area contributed by atoms with Crippen LogP contribution < -0.4 is 10.6 Å². The molecule has 0 radical (unpaired) electrons. The van der Waals surface area contributed by atoms with Gasteiger partial charge in [-0.2, -0.15) is 0 Å². The highest BCUT2D eigenvalue weighted by Gasteiger charge is 2.32. The second-order valence-corrected chi connectivity index (χ2v) is 3.41. The topological polar surface area (TPSA) is 41.1 Å². The zero-order valence-electron chi connectivity index (χ0n) is 6.60. The highest BCUT2D eigenvalue weighted by atomic mass is 16.2. The Hall–Kier alpha value is -0.570. The van der Waals surface area contributed by atoms with Crippen molar-refractivity contribution in [3.8, 4) is 0 Å². The Balaban J connectivity index is 2.05. The van der Waals surface area contributed by atoms with Crippen LogP contribution >= 0.6 is 0 Å². The summed E-state index contributed by atoms with van der Waals surface area (Å²) in [7, 11) is 0. The van der Waals surface area contributed by atoms with Crippen LogP contribution in [0.1, 0.15) is 19.3 Å². The van der Waals surface area contributed by atoms with Gasteiger partial charge in [-0.05, 0) is 31.7 Å². The molecule has 2 saturated heterocycles. The third kappa shape index (κ3) is 1.25. The molecule has 1 amide bonds. The van der Waals surface area contributed by atoms with Crippen LogP contribution in [0, 0.1) is 5.92 Å². The molecule has 0 aromatic heterocycles. The minimum Gasteiger partial charge on any atom is -0.355 e. The maximum atomic E-state index is 11.3. The molecule has 0 aromatic carbocycles. The van der Waals surface area contributed by atoms with Crippen LogP contribution in [0.3, 0.4) is 0 Å². The predicted octanol–water partition coefficient (Wildman–Crippen LogP) is -0.126. The molecule has 0 aromatic rings. The van der Waals surface area contributed by atoms with Gasteiger partial charge >= 0.3 is 0 Å². The van der Waals surface area contributed by atoms with Crippen molar-refractivity contribution < 1.29 is 4.79 Å². The van der Waals surface area contributed by atoms with Crippen LogP contribution in [-0.2, 0) is 4.79 Å². The third-order valence-corrected chi connectivity index (χ3v) is 2.68. The van der Waals surface area contributed by atoms with Crippen LogP contribution in [0.4, 0.5) is 0 Å². The number of hydrogen-bond donors (Lipinski definition) is 2. The molecule has 2 aliphatic heterocycles. The summed E-state index contributed by atoms with van der Waals surface area (Å²) in [4.78, 5) is 11.3. The standard InChI is InChI=1S/C8H14N2O/c11-8-7-6(3-5-10-8)2-1-4-9-7/h6-7,9H,1-5H2,(H,10,11)/t6-,7-/m1/s1. The minimum atomic E-state index is 0.123. The van der Waals surface area contributed by atoms with Gasteiger partial charge in [0.1, 0.15) is 0 Å². The van der Waals surface area contributed by atoms with E-state index in [1.807, 2.05) is 0 Å². The number of rotatable bonds is 0. The van der Waals surface area contributed by atoms with E-state index < -0.39 is 0 Å². The van der Waals surface area contributed by atoms with Gasteiger partial charge in [-0.1, -0.05) is 0 Å². The number of piperidine rings is 2. The SMILES string of the molecule is O=C1NCC[C@H]2CCCN[C@@H]12. The normalized spacial score (nSPS) is 37.6. The first kappa shape index (κ1) is 7.10. The van der Waals surface area contributed by atoms with E-state index in [1.165, 1.54) is 12.8 Å². The fourth-order valence-corrected chi connectivity index (χ4v) is 2.06. The Morgan fingerprint density at radius 1 is 1.27 bits per heavy atom. The van der Waals surface area contributed by atoms with E-state index in [-0.39, 0.29) is 11.9 Å². The van der Waals surface area contributed by atoms with E-state index in [9.17, 15) is 4.79 Å². The largest absolute Gasteiger partial charge is 0.355 e. The van der Waals surface area contributed by atoms with Crippen molar-refractivity contribution in [1.82, 2.24) is 10.6 Å². The van der Waals surface area contributed by atoms with Crippen LogP contribution in [-0.4, -0.2) is 25.0 Å². The third-order valence-electron chi connectivity index (χ3n) is 2.68. The maximum Gasteiger partial charge on any atom is 0.237 e. The smallest absolute Gasteiger partial charge is 0.237 e. The summed E-state index contributed by atoms with van der Waals surface area (Å²) in [6, 6.07) is 0.123. The van der Waals surface area contributed by atoms with Crippen LogP contribution in [0.25, 0.3) is 0 Å².